The average Bonchev–Trinajstić information content (AvgIpc) is 3.18. The number of aryl methyl sites for hydroxylation is 1. The quantitative estimate of drug-likeness (QED) is 0.641. The predicted octanol–water partition coefficient (Wildman–Crippen LogP) is 5.15. The number of furan rings is 1. The van der Waals surface area contributed by atoms with Crippen LogP contribution >= 0.6 is 22.9 Å². The van der Waals surface area contributed by atoms with Gasteiger partial charge in [0.15, 0.2) is 0 Å². The Hall–Kier alpha value is -2.04. The fourth-order valence-electron chi connectivity index (χ4n) is 2.33. The molecule has 0 radical (unpaired) electrons. The zero-order chi connectivity index (χ0) is 16.2. The Morgan fingerprint density at radius 1 is 1.22 bits per heavy atom. The van der Waals surface area contributed by atoms with Gasteiger partial charge < -0.3 is 9.32 Å². The van der Waals surface area contributed by atoms with Crippen molar-refractivity contribution in [3.8, 4) is 0 Å². The summed E-state index contributed by atoms with van der Waals surface area (Å²) in [6.45, 7) is 3.03. The first-order valence-corrected chi connectivity index (χ1v) is 8.49. The maximum absolute atomic E-state index is 12.9. The van der Waals surface area contributed by atoms with Crippen LogP contribution in [-0.2, 0) is 13.1 Å². The zero-order valence-corrected chi connectivity index (χ0v) is 14.2. The molecule has 2 aromatic heterocycles. The van der Waals surface area contributed by atoms with Crippen LogP contribution in [0.15, 0.2) is 58.5 Å². The number of hydrogen-bond donors (Lipinski definition) is 0. The second-order valence-corrected chi connectivity index (χ2v) is 6.71. The highest BCUT2D eigenvalue weighted by Crippen LogP contribution is 2.22. The molecule has 0 atom stereocenters. The minimum absolute atomic E-state index is 0.0586. The highest BCUT2D eigenvalue weighted by molar-refractivity contribution is 7.10. The number of nitrogens with zero attached hydrogens (tertiary/aromatic N) is 1. The minimum Gasteiger partial charge on any atom is -0.467 e. The summed E-state index contributed by atoms with van der Waals surface area (Å²) in [5.74, 6) is 0.700. The Labute approximate surface area is 144 Å². The van der Waals surface area contributed by atoms with Crippen molar-refractivity contribution in [3.63, 3.8) is 0 Å². The van der Waals surface area contributed by atoms with E-state index < -0.39 is 0 Å². The second-order valence-electron chi connectivity index (χ2n) is 5.28. The van der Waals surface area contributed by atoms with E-state index >= 15 is 0 Å². The summed E-state index contributed by atoms with van der Waals surface area (Å²) in [6, 6.07) is 12.8. The third-order valence-corrected chi connectivity index (χ3v) is 4.83. The SMILES string of the molecule is Cc1ccsc1CN(Cc1ccco1)C(=O)c1cccc(Cl)c1. The van der Waals surface area contributed by atoms with Gasteiger partial charge >= 0.3 is 0 Å². The Bertz CT molecular complexity index is 795. The lowest BCUT2D eigenvalue weighted by atomic mass is 10.2. The van der Waals surface area contributed by atoms with Crippen molar-refractivity contribution in [1.29, 1.82) is 0 Å². The molecular formula is C18H16ClNO2S. The van der Waals surface area contributed by atoms with E-state index in [0.717, 1.165) is 5.76 Å². The van der Waals surface area contributed by atoms with Crippen LogP contribution in [0.1, 0.15) is 26.6 Å². The van der Waals surface area contributed by atoms with Gasteiger partial charge in [0.1, 0.15) is 5.76 Å². The van der Waals surface area contributed by atoms with Crippen molar-refractivity contribution in [2.45, 2.75) is 20.0 Å². The Morgan fingerprint density at radius 3 is 2.74 bits per heavy atom. The van der Waals surface area contributed by atoms with E-state index in [9.17, 15) is 4.79 Å². The molecule has 0 N–H and O–H groups in total. The summed E-state index contributed by atoms with van der Waals surface area (Å²) in [4.78, 5) is 15.8. The first-order chi connectivity index (χ1) is 11.1. The summed E-state index contributed by atoms with van der Waals surface area (Å²) >= 11 is 7.67. The van der Waals surface area contributed by atoms with Gasteiger partial charge in [-0.2, -0.15) is 0 Å². The van der Waals surface area contributed by atoms with E-state index in [0.29, 0.717) is 23.7 Å². The van der Waals surface area contributed by atoms with Crippen LogP contribution in [0, 0.1) is 6.92 Å². The predicted molar refractivity (Wildman–Crippen MR) is 92.8 cm³/mol. The van der Waals surface area contributed by atoms with E-state index in [1.807, 2.05) is 17.5 Å². The smallest absolute Gasteiger partial charge is 0.254 e. The van der Waals surface area contributed by atoms with Crippen molar-refractivity contribution >= 4 is 28.8 Å². The summed E-state index contributed by atoms with van der Waals surface area (Å²) < 4.78 is 5.41. The van der Waals surface area contributed by atoms with Crippen LogP contribution in [0.5, 0.6) is 0 Å². The molecule has 118 valence electrons. The van der Waals surface area contributed by atoms with Gasteiger partial charge in [0.2, 0.25) is 0 Å². The monoisotopic (exact) mass is 345 g/mol. The zero-order valence-electron chi connectivity index (χ0n) is 12.7. The molecule has 0 saturated heterocycles. The summed E-state index contributed by atoms with van der Waals surface area (Å²) in [5.41, 5.74) is 1.77. The minimum atomic E-state index is -0.0586. The fourth-order valence-corrected chi connectivity index (χ4v) is 3.44. The molecule has 0 fully saturated rings. The van der Waals surface area contributed by atoms with Crippen LogP contribution in [-0.4, -0.2) is 10.8 Å². The molecule has 3 rings (SSSR count). The van der Waals surface area contributed by atoms with E-state index in [-0.39, 0.29) is 5.91 Å². The Morgan fingerprint density at radius 2 is 2.09 bits per heavy atom. The third kappa shape index (κ3) is 3.84. The van der Waals surface area contributed by atoms with Crippen molar-refractivity contribution in [3.05, 3.63) is 80.9 Å². The van der Waals surface area contributed by atoms with Crippen LogP contribution in [0.25, 0.3) is 0 Å². The lowest BCUT2D eigenvalue weighted by Gasteiger charge is -2.22. The van der Waals surface area contributed by atoms with Gasteiger partial charge in [0.05, 0.1) is 19.4 Å². The van der Waals surface area contributed by atoms with Crippen molar-refractivity contribution in [2.75, 3.05) is 0 Å². The molecule has 0 aliphatic carbocycles. The van der Waals surface area contributed by atoms with E-state index in [4.69, 9.17) is 16.0 Å². The number of halogens is 1. The molecule has 1 amide bonds. The summed E-state index contributed by atoms with van der Waals surface area (Å²) in [7, 11) is 0. The molecule has 3 nitrogen and oxygen atoms in total. The van der Waals surface area contributed by atoms with Crippen LogP contribution in [0.2, 0.25) is 5.02 Å². The van der Waals surface area contributed by atoms with Crippen molar-refractivity contribution in [2.24, 2.45) is 0 Å². The molecule has 1 aromatic carbocycles. The first-order valence-electron chi connectivity index (χ1n) is 7.23. The Balaban J connectivity index is 1.87. The molecule has 0 bridgehead atoms. The number of thiophene rings is 1. The van der Waals surface area contributed by atoms with Crippen LogP contribution in [0.3, 0.4) is 0 Å². The molecule has 0 spiro atoms. The third-order valence-electron chi connectivity index (χ3n) is 3.59. The van der Waals surface area contributed by atoms with Gasteiger partial charge in [0.25, 0.3) is 5.91 Å². The molecule has 0 unspecified atom stereocenters. The number of benzene rings is 1. The summed E-state index contributed by atoms with van der Waals surface area (Å²) in [5, 5.41) is 2.60. The fraction of sp³-hybridized carbons (Fsp3) is 0.167. The topological polar surface area (TPSA) is 33.5 Å². The van der Waals surface area contributed by atoms with Gasteiger partial charge in [-0.25, -0.2) is 0 Å². The van der Waals surface area contributed by atoms with Gasteiger partial charge in [-0.15, -0.1) is 11.3 Å². The van der Waals surface area contributed by atoms with E-state index in [2.05, 4.69) is 13.0 Å². The van der Waals surface area contributed by atoms with Crippen molar-refractivity contribution in [1.82, 2.24) is 4.90 Å². The van der Waals surface area contributed by atoms with Gasteiger partial charge in [-0.05, 0) is 54.3 Å². The molecule has 0 saturated carbocycles. The lowest BCUT2D eigenvalue weighted by molar-refractivity contribution is 0.0719. The first kappa shape index (κ1) is 15.8. The second kappa shape index (κ2) is 7.02. The molecular weight excluding hydrogens is 330 g/mol. The molecule has 2 heterocycles. The molecule has 3 aromatic rings. The molecule has 0 aliphatic rings. The standard InChI is InChI=1S/C18H16ClNO2S/c1-13-7-9-23-17(13)12-20(11-16-6-3-8-22-16)18(21)14-4-2-5-15(19)10-14/h2-10H,11-12H2,1H3. The molecule has 0 aliphatic heterocycles. The van der Waals surface area contributed by atoms with Gasteiger partial charge in [-0.1, -0.05) is 17.7 Å². The van der Waals surface area contributed by atoms with Gasteiger partial charge in [-0.3, -0.25) is 4.79 Å². The maximum atomic E-state index is 12.9. The van der Waals surface area contributed by atoms with Crippen molar-refractivity contribution < 1.29 is 9.21 Å². The molecule has 5 heteroatoms. The average molecular weight is 346 g/mol. The number of hydrogen-bond acceptors (Lipinski definition) is 3. The highest BCUT2D eigenvalue weighted by Gasteiger charge is 2.19. The largest absolute Gasteiger partial charge is 0.467 e. The number of carbonyl (C=O) groups is 1. The molecule has 23 heavy (non-hydrogen) atoms. The Kier molecular flexibility index (Phi) is 4.84. The normalized spacial score (nSPS) is 10.7. The van der Waals surface area contributed by atoms with E-state index in [1.54, 1.807) is 46.8 Å². The summed E-state index contributed by atoms with van der Waals surface area (Å²) in [6.07, 6.45) is 1.62. The highest BCUT2D eigenvalue weighted by atomic mass is 35.5. The van der Waals surface area contributed by atoms with Crippen LogP contribution in [0.4, 0.5) is 0 Å². The number of carbonyl (C=O) groups excluding carboxylic acids is 1. The number of rotatable bonds is 5. The van der Waals surface area contributed by atoms with Gasteiger partial charge in [0, 0.05) is 15.5 Å². The van der Waals surface area contributed by atoms with Crippen LogP contribution < -0.4 is 0 Å². The van der Waals surface area contributed by atoms with E-state index in [1.165, 1.54) is 10.4 Å². The number of amides is 1. The lowest BCUT2D eigenvalue weighted by Crippen LogP contribution is -2.29. The maximum Gasteiger partial charge on any atom is 0.254 e.